The van der Waals surface area contributed by atoms with Crippen molar-refractivity contribution in [2.24, 2.45) is 0 Å². The first-order valence-electron chi connectivity index (χ1n) is 30.8. The molecule has 0 fully saturated rings. The number of anilines is 6. The highest BCUT2D eigenvalue weighted by molar-refractivity contribution is 6.19. The lowest BCUT2D eigenvalue weighted by Gasteiger charge is -2.40. The number of fused-ring (bicyclic) bond motifs is 22. The lowest BCUT2D eigenvalue weighted by Crippen LogP contribution is -2.33. The molecule has 0 N–H and O–H groups in total. The number of hydrogen-bond acceptors (Lipinski definition) is 4. The molecule has 4 heterocycles. The predicted molar refractivity (Wildman–Crippen MR) is 368 cm³/mol. The second-order valence-electron chi connectivity index (χ2n) is 26.4. The quantitative estimate of drug-likeness (QED) is 0.166. The van der Waals surface area contributed by atoms with Crippen molar-refractivity contribution >= 4 is 121 Å². The largest absolute Gasteiger partial charge is 0.454 e. The molecule has 0 saturated carbocycles. The van der Waals surface area contributed by atoms with Gasteiger partial charge in [-0.2, -0.15) is 0 Å². The van der Waals surface area contributed by atoms with Gasteiger partial charge in [-0.25, -0.2) is 0 Å². The molecule has 420 valence electrons. The van der Waals surface area contributed by atoms with Crippen LogP contribution in [0.5, 0.6) is 0 Å². The van der Waals surface area contributed by atoms with Crippen LogP contribution in [0.25, 0.3) is 104 Å². The van der Waals surface area contributed by atoms with E-state index in [9.17, 15) is 0 Å². The molecule has 1 aliphatic heterocycles. The van der Waals surface area contributed by atoms with Crippen LogP contribution in [0.1, 0.15) is 74.9 Å². The maximum Gasteiger partial charge on any atom is 0.159 e. The second kappa shape index (κ2) is 18.2. The minimum atomic E-state index is -0.776. The Morgan fingerprint density at radius 1 is 0.330 bits per heavy atom. The van der Waals surface area contributed by atoms with E-state index >= 15 is 0 Å². The summed E-state index contributed by atoms with van der Waals surface area (Å²) in [5, 5.41) is 11.6. The van der Waals surface area contributed by atoms with Gasteiger partial charge in [-0.15, -0.1) is 0 Å². The van der Waals surface area contributed by atoms with Gasteiger partial charge in [-0.05, 0) is 162 Å². The minimum absolute atomic E-state index is 0.0306. The van der Waals surface area contributed by atoms with E-state index in [2.05, 4.69) is 317 Å². The molecule has 0 atom stereocenters. The van der Waals surface area contributed by atoms with Gasteiger partial charge in [-0.1, -0.05) is 217 Å². The van der Waals surface area contributed by atoms with Gasteiger partial charge in [0.15, 0.2) is 11.2 Å². The van der Waals surface area contributed by atoms with Crippen LogP contribution in [0.4, 0.5) is 34.1 Å². The Labute approximate surface area is 510 Å². The van der Waals surface area contributed by atoms with E-state index in [1.54, 1.807) is 0 Å². The molecule has 2 aliphatic rings. The monoisotopic (exact) mass is 1130 g/mol. The van der Waals surface area contributed by atoms with Crippen molar-refractivity contribution in [3.63, 3.8) is 0 Å². The Hall–Kier alpha value is -10.6. The first-order valence-corrected chi connectivity index (χ1v) is 30.8. The van der Waals surface area contributed by atoms with Crippen LogP contribution in [0.3, 0.4) is 0 Å². The van der Waals surface area contributed by atoms with E-state index in [4.69, 9.17) is 8.83 Å². The summed E-state index contributed by atoms with van der Waals surface area (Å²) >= 11 is 0. The normalized spacial score (nSPS) is 13.4. The summed E-state index contributed by atoms with van der Waals surface area (Å²) in [6, 6.07) is 97.4. The van der Waals surface area contributed by atoms with Crippen molar-refractivity contribution in [1.29, 1.82) is 0 Å². The van der Waals surface area contributed by atoms with Gasteiger partial charge in [0.05, 0.1) is 33.5 Å². The van der Waals surface area contributed by atoms with Crippen LogP contribution in [0, 0.1) is 0 Å². The van der Waals surface area contributed by atoms with Crippen molar-refractivity contribution in [2.45, 2.75) is 57.8 Å². The minimum Gasteiger partial charge on any atom is -0.454 e. The van der Waals surface area contributed by atoms with Crippen LogP contribution in [-0.2, 0) is 16.2 Å². The first kappa shape index (κ1) is 50.7. The van der Waals surface area contributed by atoms with Crippen molar-refractivity contribution in [1.82, 2.24) is 4.57 Å². The fourth-order valence-electron chi connectivity index (χ4n) is 15.4. The van der Waals surface area contributed by atoms with Gasteiger partial charge in [0.2, 0.25) is 0 Å². The number of nitrogens with zero attached hydrogens (tertiary/aromatic N) is 3. The zero-order valence-corrected chi connectivity index (χ0v) is 50.0. The van der Waals surface area contributed by atoms with E-state index in [0.29, 0.717) is 0 Å². The zero-order valence-electron chi connectivity index (χ0n) is 50.0. The summed E-state index contributed by atoms with van der Waals surface area (Å²) in [7, 11) is 0. The van der Waals surface area contributed by atoms with E-state index < -0.39 is 5.41 Å². The number of furan rings is 2. The maximum absolute atomic E-state index is 7.07. The summed E-state index contributed by atoms with van der Waals surface area (Å²) in [4.78, 5) is 4.88. The second-order valence-corrected chi connectivity index (χ2v) is 26.4. The molecule has 0 bridgehead atoms. The van der Waals surface area contributed by atoms with Gasteiger partial charge in [-0.3, -0.25) is 0 Å². The molecule has 0 radical (unpaired) electrons. The Morgan fingerprint density at radius 2 is 0.784 bits per heavy atom. The van der Waals surface area contributed by atoms with Crippen LogP contribution in [-0.4, -0.2) is 4.57 Å². The summed E-state index contributed by atoms with van der Waals surface area (Å²) in [6.07, 6.45) is 0. The molecule has 0 unspecified atom stereocenters. The van der Waals surface area contributed by atoms with E-state index in [1.807, 2.05) is 0 Å². The number of para-hydroxylation sites is 5. The van der Waals surface area contributed by atoms with Crippen LogP contribution < -0.4 is 9.80 Å². The Morgan fingerprint density at radius 3 is 1.33 bits per heavy atom. The smallest absolute Gasteiger partial charge is 0.159 e. The van der Waals surface area contributed by atoms with Gasteiger partial charge in [0.1, 0.15) is 11.2 Å². The number of rotatable bonds is 6. The average molecular weight is 1130 g/mol. The van der Waals surface area contributed by atoms with Gasteiger partial charge < -0.3 is 23.2 Å². The summed E-state index contributed by atoms with van der Waals surface area (Å²) < 4.78 is 16.6. The topological polar surface area (TPSA) is 37.7 Å². The number of hydrogen-bond donors (Lipinski definition) is 0. The van der Waals surface area contributed by atoms with Gasteiger partial charge in [0.25, 0.3) is 0 Å². The maximum atomic E-state index is 7.07. The van der Waals surface area contributed by atoms with Crippen LogP contribution in [0.15, 0.2) is 270 Å². The van der Waals surface area contributed by atoms with Gasteiger partial charge in [0, 0.05) is 55.1 Å². The van der Waals surface area contributed by atoms with Crippen molar-refractivity contribution in [3.05, 3.63) is 294 Å². The molecular weight excluding hydrogens is 1070 g/mol. The van der Waals surface area contributed by atoms with E-state index in [-0.39, 0.29) is 10.8 Å². The fourth-order valence-corrected chi connectivity index (χ4v) is 15.4. The Balaban J connectivity index is 1.00. The summed E-state index contributed by atoms with van der Waals surface area (Å²) in [5.74, 6) is 0. The predicted octanol–water partition coefficient (Wildman–Crippen LogP) is 23.1. The summed E-state index contributed by atoms with van der Waals surface area (Å²) in [5.41, 5.74) is 22.2. The lowest BCUT2D eigenvalue weighted by atomic mass is 9.65. The third kappa shape index (κ3) is 7.04. The van der Waals surface area contributed by atoms with Crippen LogP contribution >= 0.6 is 0 Å². The lowest BCUT2D eigenvalue weighted by molar-refractivity contribution is 0.590. The molecule has 1 spiro atoms. The number of benzene rings is 13. The molecule has 16 aromatic rings. The molecule has 5 nitrogen and oxygen atoms in total. The highest BCUT2D eigenvalue weighted by Gasteiger charge is 2.52. The molecule has 0 amide bonds. The molecule has 1 aliphatic carbocycles. The summed E-state index contributed by atoms with van der Waals surface area (Å²) in [6.45, 7) is 13.7. The van der Waals surface area contributed by atoms with Crippen molar-refractivity contribution in [3.8, 4) is 16.8 Å². The third-order valence-electron chi connectivity index (χ3n) is 19.4. The molecular formula is C83H61N3O2. The van der Waals surface area contributed by atoms with E-state index in [1.165, 1.54) is 77.3 Å². The standard InChI is InChI=1S/C83H61N3O2/c1-81(2,3)52-35-39-54(40-36-52)84(72-29-17-25-62-60-23-11-15-31-74(60)87-79(62)72)56-43-46-70-64(47-56)65-48-57(85(55-41-37-53(38-42-55)82(4,5)6)73-30-18-26-63-61-24-12-16-32-75(61)88-80(63)73)49-69-78(65)86(70)71-28-14-13-27-66(71)83(69)67-44-33-50-19-7-9-21-58(50)76(67)77-59-22-10-8-20-51(59)34-45-68(77)83/h7-49H,1-6H3. The molecule has 3 aromatic heterocycles. The number of aromatic nitrogens is 1. The molecule has 0 saturated heterocycles. The molecule has 88 heavy (non-hydrogen) atoms. The Kier molecular flexibility index (Phi) is 10.5. The average Bonchev–Trinajstić information content (AvgIpc) is 1.47. The SMILES string of the molecule is CC(C)(C)c1ccc(N(c2ccc3c(c2)c2cc(N(c4ccc(C(C)(C)C)cc4)c4cccc5c4oc4ccccc45)cc4c2n3-c2ccccc2C42c3ccc4ccccc4c3-c3c2ccc2ccccc32)c2cccc3c2oc2ccccc23)cc1. The molecule has 18 rings (SSSR count). The van der Waals surface area contributed by atoms with Crippen molar-refractivity contribution in [2.75, 3.05) is 9.80 Å². The Bertz CT molecular complexity index is 5520. The van der Waals surface area contributed by atoms with E-state index in [0.717, 1.165) is 94.3 Å². The highest BCUT2D eigenvalue weighted by Crippen LogP contribution is 2.64. The molecule has 13 aromatic carbocycles. The molecule has 5 heteroatoms. The van der Waals surface area contributed by atoms with Crippen molar-refractivity contribution < 1.29 is 8.83 Å². The first-order chi connectivity index (χ1) is 42.9. The fraction of sp³-hybridized carbons (Fsp3) is 0.108. The highest BCUT2D eigenvalue weighted by atomic mass is 16.3. The third-order valence-corrected chi connectivity index (χ3v) is 19.4. The van der Waals surface area contributed by atoms with Gasteiger partial charge >= 0.3 is 0 Å². The van der Waals surface area contributed by atoms with Crippen LogP contribution in [0.2, 0.25) is 0 Å². The zero-order chi connectivity index (χ0) is 58.9.